The van der Waals surface area contributed by atoms with Crippen molar-refractivity contribution in [3.8, 4) is 0 Å². The van der Waals surface area contributed by atoms with Gasteiger partial charge in [-0.1, -0.05) is 17.3 Å². The van der Waals surface area contributed by atoms with Gasteiger partial charge in [0.15, 0.2) is 0 Å². The Morgan fingerprint density at radius 2 is 2.14 bits per heavy atom. The number of rotatable bonds is 4. The Hall–Kier alpha value is -2.70. The van der Waals surface area contributed by atoms with Gasteiger partial charge in [-0.15, -0.1) is 5.10 Å². The molecule has 2 heterocycles. The number of para-hydroxylation sites is 1. The molecule has 0 radical (unpaired) electrons. The summed E-state index contributed by atoms with van der Waals surface area (Å²) in [5, 5.41) is 15.1. The number of hydrogen-bond acceptors (Lipinski definition) is 4. The van der Waals surface area contributed by atoms with E-state index in [1.54, 1.807) is 9.36 Å². The van der Waals surface area contributed by atoms with Crippen LogP contribution in [0.5, 0.6) is 0 Å². The molecule has 0 bridgehead atoms. The van der Waals surface area contributed by atoms with Crippen LogP contribution in [0.1, 0.15) is 11.3 Å². The molecule has 1 N–H and O–H groups in total. The van der Waals surface area contributed by atoms with Crippen LogP contribution >= 0.6 is 0 Å². The Balaban J connectivity index is 1.65. The summed E-state index contributed by atoms with van der Waals surface area (Å²) in [6, 6.07) is 7.56. The molecule has 0 unspecified atom stereocenters. The average Bonchev–Trinajstić information content (AvgIpc) is 3.00. The quantitative estimate of drug-likeness (QED) is 0.768. The second-order valence-corrected chi connectivity index (χ2v) is 4.93. The van der Waals surface area contributed by atoms with Gasteiger partial charge in [-0.3, -0.25) is 9.48 Å². The van der Waals surface area contributed by atoms with Crippen molar-refractivity contribution in [1.82, 2.24) is 30.1 Å². The Morgan fingerprint density at radius 1 is 1.33 bits per heavy atom. The molecule has 1 amide bonds. The molecule has 0 aliphatic heterocycles. The molecule has 0 aliphatic carbocycles. The van der Waals surface area contributed by atoms with E-state index in [9.17, 15) is 4.79 Å². The van der Waals surface area contributed by atoms with Crippen molar-refractivity contribution in [3.05, 3.63) is 41.7 Å². The van der Waals surface area contributed by atoms with Gasteiger partial charge in [0.2, 0.25) is 5.91 Å². The predicted molar refractivity (Wildman–Crippen MR) is 77.3 cm³/mol. The first-order valence-corrected chi connectivity index (χ1v) is 6.67. The highest BCUT2D eigenvalue weighted by Crippen LogP contribution is 2.09. The van der Waals surface area contributed by atoms with Crippen molar-refractivity contribution < 1.29 is 4.79 Å². The summed E-state index contributed by atoms with van der Waals surface area (Å²) >= 11 is 0. The fourth-order valence-electron chi connectivity index (χ4n) is 2.24. The number of aryl methyl sites for hydroxylation is 2. The van der Waals surface area contributed by atoms with E-state index in [-0.39, 0.29) is 12.5 Å². The number of nitrogens with zero attached hydrogens (tertiary/aromatic N) is 5. The number of amides is 1. The predicted octanol–water partition coefficient (Wildman–Crippen LogP) is 0.790. The van der Waals surface area contributed by atoms with Crippen molar-refractivity contribution in [2.75, 3.05) is 0 Å². The summed E-state index contributed by atoms with van der Waals surface area (Å²) in [5.41, 5.74) is 3.57. The third-order valence-electron chi connectivity index (χ3n) is 3.30. The number of hydrogen-bond donors (Lipinski definition) is 1. The van der Waals surface area contributed by atoms with Crippen LogP contribution in [0.25, 0.3) is 11.0 Å². The molecule has 1 aromatic carbocycles. The van der Waals surface area contributed by atoms with E-state index >= 15 is 0 Å². The zero-order valence-electron chi connectivity index (χ0n) is 11.9. The van der Waals surface area contributed by atoms with Crippen molar-refractivity contribution in [2.45, 2.75) is 20.0 Å². The normalized spacial score (nSPS) is 11.0. The van der Waals surface area contributed by atoms with Gasteiger partial charge in [0.1, 0.15) is 12.1 Å². The number of benzene rings is 1. The molecule has 2 aromatic heterocycles. The summed E-state index contributed by atoms with van der Waals surface area (Å²) < 4.78 is 3.34. The lowest BCUT2D eigenvalue weighted by molar-refractivity contribution is -0.121. The standard InChI is InChI=1S/C14H16N6O/c1-10-11(8-19(2)17-10)7-15-14(21)9-20-13-6-4-3-5-12(13)16-18-20/h3-6,8H,7,9H2,1-2H3,(H,15,21). The molecular weight excluding hydrogens is 268 g/mol. The highest BCUT2D eigenvalue weighted by molar-refractivity contribution is 5.79. The molecule has 0 saturated heterocycles. The number of carbonyl (C=O) groups excluding carboxylic acids is 1. The van der Waals surface area contributed by atoms with E-state index in [4.69, 9.17) is 0 Å². The van der Waals surface area contributed by atoms with Crippen LogP contribution in [-0.2, 0) is 24.9 Å². The zero-order valence-corrected chi connectivity index (χ0v) is 11.9. The minimum atomic E-state index is -0.103. The molecule has 0 saturated carbocycles. The molecule has 0 aliphatic rings. The van der Waals surface area contributed by atoms with Crippen LogP contribution in [0.4, 0.5) is 0 Å². The minimum Gasteiger partial charge on any atom is -0.350 e. The lowest BCUT2D eigenvalue weighted by Crippen LogP contribution is -2.27. The first kappa shape index (κ1) is 13.3. The Bertz CT molecular complexity index is 788. The first-order chi connectivity index (χ1) is 10.1. The number of carbonyl (C=O) groups is 1. The number of fused-ring (bicyclic) bond motifs is 1. The maximum atomic E-state index is 12.0. The van der Waals surface area contributed by atoms with Gasteiger partial charge >= 0.3 is 0 Å². The van der Waals surface area contributed by atoms with Crippen LogP contribution < -0.4 is 5.32 Å². The molecule has 21 heavy (non-hydrogen) atoms. The number of aromatic nitrogens is 5. The lowest BCUT2D eigenvalue weighted by Gasteiger charge is -2.05. The van der Waals surface area contributed by atoms with Crippen molar-refractivity contribution in [3.63, 3.8) is 0 Å². The van der Waals surface area contributed by atoms with Gasteiger partial charge < -0.3 is 5.32 Å². The molecule has 0 atom stereocenters. The summed E-state index contributed by atoms with van der Waals surface area (Å²) in [7, 11) is 1.86. The van der Waals surface area contributed by atoms with Crippen LogP contribution in [0.2, 0.25) is 0 Å². The summed E-state index contributed by atoms with van der Waals surface area (Å²) in [6.07, 6.45) is 1.90. The SMILES string of the molecule is Cc1nn(C)cc1CNC(=O)Cn1nnc2ccccc21. The smallest absolute Gasteiger partial charge is 0.242 e. The fraction of sp³-hybridized carbons (Fsp3) is 0.286. The maximum Gasteiger partial charge on any atom is 0.242 e. The van der Waals surface area contributed by atoms with Crippen LogP contribution in [-0.4, -0.2) is 30.7 Å². The third kappa shape index (κ3) is 2.76. The van der Waals surface area contributed by atoms with Gasteiger partial charge in [-0.05, 0) is 19.1 Å². The van der Waals surface area contributed by atoms with Crippen LogP contribution in [0.15, 0.2) is 30.5 Å². The Labute approximate surface area is 121 Å². The largest absolute Gasteiger partial charge is 0.350 e. The minimum absolute atomic E-state index is 0.103. The van der Waals surface area contributed by atoms with E-state index in [0.29, 0.717) is 6.54 Å². The zero-order chi connectivity index (χ0) is 14.8. The van der Waals surface area contributed by atoms with Gasteiger partial charge in [-0.2, -0.15) is 5.10 Å². The topological polar surface area (TPSA) is 77.6 Å². The van der Waals surface area contributed by atoms with Crippen LogP contribution in [0.3, 0.4) is 0 Å². The van der Waals surface area contributed by atoms with Crippen molar-refractivity contribution in [1.29, 1.82) is 0 Å². The molecule has 0 fully saturated rings. The van der Waals surface area contributed by atoms with Gasteiger partial charge in [0.25, 0.3) is 0 Å². The molecule has 3 rings (SSSR count). The average molecular weight is 284 g/mol. The van der Waals surface area contributed by atoms with Gasteiger partial charge in [-0.25, -0.2) is 4.68 Å². The molecule has 7 heteroatoms. The van der Waals surface area contributed by atoms with E-state index in [1.165, 1.54) is 0 Å². The van der Waals surface area contributed by atoms with Crippen molar-refractivity contribution in [2.24, 2.45) is 7.05 Å². The van der Waals surface area contributed by atoms with E-state index in [2.05, 4.69) is 20.7 Å². The molecular formula is C14H16N6O. The maximum absolute atomic E-state index is 12.0. The van der Waals surface area contributed by atoms with E-state index in [1.807, 2.05) is 44.4 Å². The number of nitrogens with one attached hydrogen (secondary N) is 1. The molecule has 3 aromatic rings. The Kier molecular flexibility index (Phi) is 3.39. The van der Waals surface area contributed by atoms with E-state index < -0.39 is 0 Å². The molecule has 0 spiro atoms. The Morgan fingerprint density at radius 3 is 2.90 bits per heavy atom. The lowest BCUT2D eigenvalue weighted by atomic mass is 10.2. The van der Waals surface area contributed by atoms with Gasteiger partial charge in [0.05, 0.1) is 11.2 Å². The monoisotopic (exact) mass is 284 g/mol. The van der Waals surface area contributed by atoms with Crippen LogP contribution in [0, 0.1) is 6.92 Å². The second-order valence-electron chi connectivity index (χ2n) is 4.93. The fourth-order valence-corrected chi connectivity index (χ4v) is 2.24. The highest BCUT2D eigenvalue weighted by Gasteiger charge is 2.09. The first-order valence-electron chi connectivity index (χ1n) is 6.67. The summed E-state index contributed by atoms with van der Waals surface area (Å²) in [6.45, 7) is 2.54. The second kappa shape index (κ2) is 5.35. The van der Waals surface area contributed by atoms with E-state index in [0.717, 1.165) is 22.3 Å². The summed E-state index contributed by atoms with van der Waals surface area (Å²) in [5.74, 6) is -0.103. The highest BCUT2D eigenvalue weighted by atomic mass is 16.2. The van der Waals surface area contributed by atoms with Crippen molar-refractivity contribution >= 4 is 16.9 Å². The molecule has 7 nitrogen and oxygen atoms in total. The molecule has 108 valence electrons. The summed E-state index contributed by atoms with van der Waals surface area (Å²) in [4.78, 5) is 12.0. The third-order valence-corrected chi connectivity index (χ3v) is 3.30. The van der Waals surface area contributed by atoms with Gasteiger partial charge in [0, 0.05) is 25.4 Å².